The Bertz CT molecular complexity index is 568. The van der Waals surface area contributed by atoms with Crippen molar-refractivity contribution in [3.05, 3.63) is 52.6 Å². The third-order valence-corrected chi connectivity index (χ3v) is 3.43. The Morgan fingerprint density at radius 1 is 0.706 bits per heavy atom. The van der Waals surface area contributed by atoms with E-state index in [1.807, 2.05) is 6.92 Å². The van der Waals surface area contributed by atoms with Crippen LogP contribution in [0.3, 0.4) is 0 Å². The molecule has 0 fully saturated rings. The number of anilines is 1. The van der Waals surface area contributed by atoms with Crippen LogP contribution in [0.15, 0.2) is 30.3 Å². The molecule has 1 nitrogen and oxygen atoms in total. The molecule has 2 rings (SSSR count). The second-order valence-corrected chi connectivity index (χ2v) is 4.82. The van der Waals surface area contributed by atoms with Crippen molar-refractivity contribution in [2.24, 2.45) is 0 Å². The summed E-state index contributed by atoms with van der Waals surface area (Å²) in [5.41, 5.74) is 14.4. The summed E-state index contributed by atoms with van der Waals surface area (Å²) in [4.78, 5) is 0. The van der Waals surface area contributed by atoms with Gasteiger partial charge in [0, 0.05) is 5.69 Å². The zero-order valence-corrected chi connectivity index (χ0v) is 11.0. The highest BCUT2D eigenvalue weighted by Crippen LogP contribution is 2.28. The summed E-state index contributed by atoms with van der Waals surface area (Å²) in [6.45, 7) is 8.48. The van der Waals surface area contributed by atoms with Crippen LogP contribution in [0.1, 0.15) is 22.3 Å². The fourth-order valence-electron chi connectivity index (χ4n) is 2.08. The third kappa shape index (κ3) is 2.19. The molecular weight excluding hydrogens is 206 g/mol. The Morgan fingerprint density at radius 2 is 1.35 bits per heavy atom. The standard InChI is InChI=1S/C16H19N/c1-10-5-6-14(9-16(10)17)15-8-12(3)11(2)7-13(15)4/h5-9H,17H2,1-4H3. The Morgan fingerprint density at radius 3 is 2.00 bits per heavy atom. The van der Waals surface area contributed by atoms with E-state index in [-0.39, 0.29) is 0 Å². The fraction of sp³-hybridized carbons (Fsp3) is 0.250. The minimum Gasteiger partial charge on any atom is -0.398 e. The number of hydrogen-bond acceptors (Lipinski definition) is 1. The van der Waals surface area contributed by atoms with Gasteiger partial charge in [0.1, 0.15) is 0 Å². The molecule has 0 aliphatic heterocycles. The number of hydrogen-bond donors (Lipinski definition) is 1. The highest BCUT2D eigenvalue weighted by atomic mass is 14.6. The molecule has 0 saturated heterocycles. The van der Waals surface area contributed by atoms with Gasteiger partial charge in [-0.1, -0.05) is 24.3 Å². The zero-order valence-electron chi connectivity index (χ0n) is 11.0. The SMILES string of the molecule is Cc1cc(C)c(-c2ccc(C)c(N)c2)cc1C. The van der Waals surface area contributed by atoms with Gasteiger partial charge < -0.3 is 5.73 Å². The normalized spacial score (nSPS) is 10.6. The molecule has 0 bridgehead atoms. The lowest BCUT2D eigenvalue weighted by Gasteiger charge is -2.11. The maximum absolute atomic E-state index is 5.98. The van der Waals surface area contributed by atoms with E-state index in [2.05, 4.69) is 51.1 Å². The number of aryl methyl sites for hydroxylation is 4. The molecule has 0 spiro atoms. The second kappa shape index (κ2) is 4.25. The van der Waals surface area contributed by atoms with Crippen LogP contribution in [0, 0.1) is 27.7 Å². The van der Waals surface area contributed by atoms with Gasteiger partial charge >= 0.3 is 0 Å². The minimum absolute atomic E-state index is 0.861. The summed E-state index contributed by atoms with van der Waals surface area (Å²) in [5, 5.41) is 0. The Labute approximate surface area is 103 Å². The summed E-state index contributed by atoms with van der Waals surface area (Å²) in [7, 11) is 0. The van der Waals surface area contributed by atoms with Gasteiger partial charge in [-0.25, -0.2) is 0 Å². The van der Waals surface area contributed by atoms with E-state index in [4.69, 9.17) is 5.73 Å². The minimum atomic E-state index is 0.861. The van der Waals surface area contributed by atoms with E-state index in [0.29, 0.717) is 0 Å². The van der Waals surface area contributed by atoms with Crippen LogP contribution in [0.5, 0.6) is 0 Å². The van der Waals surface area contributed by atoms with Crippen LogP contribution in [-0.2, 0) is 0 Å². The van der Waals surface area contributed by atoms with Crippen molar-refractivity contribution < 1.29 is 0 Å². The first kappa shape index (κ1) is 11.7. The van der Waals surface area contributed by atoms with E-state index in [1.54, 1.807) is 0 Å². The number of benzene rings is 2. The molecule has 0 heterocycles. The Kier molecular flexibility index (Phi) is 2.93. The zero-order chi connectivity index (χ0) is 12.6. The first-order valence-electron chi connectivity index (χ1n) is 5.93. The first-order chi connectivity index (χ1) is 7.99. The summed E-state index contributed by atoms with van der Waals surface area (Å²) in [6, 6.07) is 10.8. The molecule has 2 N–H and O–H groups in total. The number of nitrogen functional groups attached to an aromatic ring is 1. The predicted molar refractivity (Wildman–Crippen MR) is 75.2 cm³/mol. The van der Waals surface area contributed by atoms with Crippen molar-refractivity contribution in [2.45, 2.75) is 27.7 Å². The second-order valence-electron chi connectivity index (χ2n) is 4.82. The van der Waals surface area contributed by atoms with Crippen LogP contribution in [0.4, 0.5) is 5.69 Å². The lowest BCUT2D eigenvalue weighted by molar-refractivity contribution is 1.30. The molecule has 0 atom stereocenters. The van der Waals surface area contributed by atoms with Crippen molar-refractivity contribution in [1.29, 1.82) is 0 Å². The fourth-order valence-corrected chi connectivity index (χ4v) is 2.08. The van der Waals surface area contributed by atoms with Crippen LogP contribution < -0.4 is 5.73 Å². The van der Waals surface area contributed by atoms with Gasteiger partial charge in [-0.3, -0.25) is 0 Å². The van der Waals surface area contributed by atoms with Crippen molar-refractivity contribution in [3.63, 3.8) is 0 Å². The number of nitrogens with two attached hydrogens (primary N) is 1. The van der Waals surface area contributed by atoms with Gasteiger partial charge in [0.2, 0.25) is 0 Å². The molecular formula is C16H19N. The van der Waals surface area contributed by atoms with Gasteiger partial charge in [0.25, 0.3) is 0 Å². The van der Waals surface area contributed by atoms with Gasteiger partial charge in [0.05, 0.1) is 0 Å². The molecule has 0 radical (unpaired) electrons. The summed E-state index contributed by atoms with van der Waals surface area (Å²) < 4.78 is 0. The van der Waals surface area contributed by atoms with Crippen LogP contribution in [0.2, 0.25) is 0 Å². The topological polar surface area (TPSA) is 26.0 Å². The molecule has 0 aliphatic carbocycles. The van der Waals surface area contributed by atoms with Crippen LogP contribution in [0.25, 0.3) is 11.1 Å². The molecule has 0 aromatic heterocycles. The molecule has 0 unspecified atom stereocenters. The van der Waals surface area contributed by atoms with Gasteiger partial charge in [-0.05, 0) is 67.1 Å². The average Bonchev–Trinajstić information content (AvgIpc) is 2.27. The lowest BCUT2D eigenvalue weighted by atomic mass is 9.94. The van der Waals surface area contributed by atoms with Crippen LogP contribution in [-0.4, -0.2) is 0 Å². The van der Waals surface area contributed by atoms with E-state index in [9.17, 15) is 0 Å². The van der Waals surface area contributed by atoms with Gasteiger partial charge in [-0.2, -0.15) is 0 Å². The van der Waals surface area contributed by atoms with Crippen molar-refractivity contribution in [1.82, 2.24) is 0 Å². The predicted octanol–water partition coefficient (Wildman–Crippen LogP) is 4.17. The molecule has 0 saturated carbocycles. The monoisotopic (exact) mass is 225 g/mol. The maximum atomic E-state index is 5.98. The first-order valence-corrected chi connectivity index (χ1v) is 5.93. The molecule has 2 aromatic carbocycles. The smallest absolute Gasteiger partial charge is 0.0349 e. The quantitative estimate of drug-likeness (QED) is 0.724. The number of rotatable bonds is 1. The maximum Gasteiger partial charge on any atom is 0.0349 e. The highest BCUT2D eigenvalue weighted by molar-refractivity contribution is 5.72. The Hall–Kier alpha value is -1.76. The van der Waals surface area contributed by atoms with E-state index in [0.717, 1.165) is 11.3 Å². The average molecular weight is 225 g/mol. The van der Waals surface area contributed by atoms with Crippen LogP contribution >= 0.6 is 0 Å². The highest BCUT2D eigenvalue weighted by Gasteiger charge is 2.05. The van der Waals surface area contributed by atoms with E-state index < -0.39 is 0 Å². The Balaban J connectivity index is 2.60. The third-order valence-electron chi connectivity index (χ3n) is 3.43. The van der Waals surface area contributed by atoms with Gasteiger partial charge in [-0.15, -0.1) is 0 Å². The van der Waals surface area contributed by atoms with E-state index in [1.165, 1.54) is 27.8 Å². The molecule has 0 aliphatic rings. The van der Waals surface area contributed by atoms with Crippen molar-refractivity contribution in [2.75, 3.05) is 5.73 Å². The summed E-state index contributed by atoms with van der Waals surface area (Å²) in [5.74, 6) is 0. The largest absolute Gasteiger partial charge is 0.398 e. The van der Waals surface area contributed by atoms with Crippen molar-refractivity contribution in [3.8, 4) is 11.1 Å². The van der Waals surface area contributed by atoms with E-state index >= 15 is 0 Å². The molecule has 88 valence electrons. The van der Waals surface area contributed by atoms with Gasteiger partial charge in [0.15, 0.2) is 0 Å². The molecule has 2 aromatic rings. The molecule has 17 heavy (non-hydrogen) atoms. The summed E-state index contributed by atoms with van der Waals surface area (Å²) in [6.07, 6.45) is 0. The van der Waals surface area contributed by atoms with Crippen molar-refractivity contribution >= 4 is 5.69 Å². The summed E-state index contributed by atoms with van der Waals surface area (Å²) >= 11 is 0. The lowest BCUT2D eigenvalue weighted by Crippen LogP contribution is -1.92. The molecule has 0 amide bonds. The molecule has 1 heteroatoms.